The van der Waals surface area contributed by atoms with Gasteiger partial charge in [0.15, 0.2) is 0 Å². The first-order valence-electron chi connectivity index (χ1n) is 5.12. The van der Waals surface area contributed by atoms with Crippen LogP contribution < -0.4 is 5.32 Å². The lowest BCUT2D eigenvalue weighted by Gasteiger charge is -2.04. The molecule has 0 unspecified atom stereocenters. The van der Waals surface area contributed by atoms with Crippen molar-refractivity contribution in [2.75, 3.05) is 38.8 Å². The standard InChI is InChI=1S/C10H19N3O2/c1-13-9-10(8-12-13)11-4-3-5-15-7-6-14-2/h8-9,11H,3-7H2,1-2H3. The van der Waals surface area contributed by atoms with Crippen molar-refractivity contribution < 1.29 is 9.47 Å². The van der Waals surface area contributed by atoms with Crippen molar-refractivity contribution in [2.45, 2.75) is 6.42 Å². The second-order valence-electron chi connectivity index (χ2n) is 3.29. The Kier molecular flexibility index (Phi) is 5.80. The van der Waals surface area contributed by atoms with Gasteiger partial charge in [-0.25, -0.2) is 0 Å². The maximum Gasteiger partial charge on any atom is 0.0726 e. The highest BCUT2D eigenvalue weighted by atomic mass is 16.5. The summed E-state index contributed by atoms with van der Waals surface area (Å²) in [6, 6.07) is 0. The number of hydrogen-bond acceptors (Lipinski definition) is 4. The van der Waals surface area contributed by atoms with E-state index in [4.69, 9.17) is 9.47 Å². The van der Waals surface area contributed by atoms with Crippen LogP contribution in [0.1, 0.15) is 6.42 Å². The molecule has 0 spiro atoms. The van der Waals surface area contributed by atoms with E-state index < -0.39 is 0 Å². The van der Waals surface area contributed by atoms with Crippen LogP contribution in [0.25, 0.3) is 0 Å². The van der Waals surface area contributed by atoms with Crippen LogP contribution >= 0.6 is 0 Å². The number of rotatable bonds is 8. The smallest absolute Gasteiger partial charge is 0.0726 e. The van der Waals surface area contributed by atoms with Gasteiger partial charge in [-0.3, -0.25) is 4.68 Å². The Morgan fingerprint density at radius 2 is 2.27 bits per heavy atom. The first-order chi connectivity index (χ1) is 7.33. The molecule has 5 nitrogen and oxygen atoms in total. The summed E-state index contributed by atoms with van der Waals surface area (Å²) in [6.07, 6.45) is 4.75. The average Bonchev–Trinajstić information content (AvgIpc) is 2.63. The molecular weight excluding hydrogens is 194 g/mol. The molecule has 0 aliphatic carbocycles. The molecule has 15 heavy (non-hydrogen) atoms. The number of methoxy groups -OCH3 is 1. The second-order valence-corrected chi connectivity index (χ2v) is 3.29. The van der Waals surface area contributed by atoms with Gasteiger partial charge in [-0.15, -0.1) is 0 Å². The topological polar surface area (TPSA) is 48.3 Å². The Morgan fingerprint density at radius 3 is 2.93 bits per heavy atom. The predicted octanol–water partition coefficient (Wildman–Crippen LogP) is 0.885. The van der Waals surface area contributed by atoms with E-state index in [1.165, 1.54) is 0 Å². The van der Waals surface area contributed by atoms with Crippen LogP contribution in [-0.4, -0.2) is 43.3 Å². The van der Waals surface area contributed by atoms with E-state index in [1.54, 1.807) is 11.8 Å². The molecule has 1 N–H and O–H groups in total. The molecule has 0 aliphatic rings. The van der Waals surface area contributed by atoms with E-state index in [2.05, 4.69) is 10.4 Å². The van der Waals surface area contributed by atoms with Gasteiger partial charge in [-0.1, -0.05) is 0 Å². The number of hydrogen-bond donors (Lipinski definition) is 1. The number of ether oxygens (including phenoxy) is 2. The molecule has 0 aromatic carbocycles. The van der Waals surface area contributed by atoms with E-state index in [-0.39, 0.29) is 0 Å². The van der Waals surface area contributed by atoms with Gasteiger partial charge in [-0.05, 0) is 6.42 Å². The summed E-state index contributed by atoms with van der Waals surface area (Å²) in [5.41, 5.74) is 1.05. The number of aromatic nitrogens is 2. The summed E-state index contributed by atoms with van der Waals surface area (Å²) < 4.78 is 12.0. The lowest BCUT2D eigenvalue weighted by molar-refractivity contribution is 0.0705. The van der Waals surface area contributed by atoms with Gasteiger partial charge in [0, 0.05) is 33.5 Å². The van der Waals surface area contributed by atoms with Crippen LogP contribution in [0, 0.1) is 0 Å². The molecular formula is C10H19N3O2. The molecule has 0 fully saturated rings. The molecule has 0 amide bonds. The highest BCUT2D eigenvalue weighted by molar-refractivity contribution is 5.37. The van der Waals surface area contributed by atoms with Crippen LogP contribution in [-0.2, 0) is 16.5 Å². The summed E-state index contributed by atoms with van der Waals surface area (Å²) in [5, 5.41) is 7.32. The van der Waals surface area contributed by atoms with E-state index in [0.29, 0.717) is 13.2 Å². The third kappa shape index (κ3) is 5.39. The minimum Gasteiger partial charge on any atom is -0.382 e. The Hall–Kier alpha value is -1.07. The molecule has 5 heteroatoms. The molecule has 0 atom stereocenters. The highest BCUT2D eigenvalue weighted by Gasteiger charge is 1.94. The van der Waals surface area contributed by atoms with Crippen LogP contribution in [0.2, 0.25) is 0 Å². The fourth-order valence-electron chi connectivity index (χ4n) is 1.16. The van der Waals surface area contributed by atoms with Gasteiger partial charge in [0.2, 0.25) is 0 Å². The summed E-state index contributed by atoms with van der Waals surface area (Å²) in [6.45, 7) is 2.99. The maximum absolute atomic E-state index is 5.33. The van der Waals surface area contributed by atoms with Gasteiger partial charge in [0.25, 0.3) is 0 Å². The van der Waals surface area contributed by atoms with Crippen molar-refractivity contribution in [1.29, 1.82) is 0 Å². The van der Waals surface area contributed by atoms with E-state index >= 15 is 0 Å². The summed E-state index contributed by atoms with van der Waals surface area (Å²) >= 11 is 0. The summed E-state index contributed by atoms with van der Waals surface area (Å²) in [4.78, 5) is 0. The molecule has 0 saturated heterocycles. The summed E-state index contributed by atoms with van der Waals surface area (Å²) in [7, 11) is 3.58. The van der Waals surface area contributed by atoms with Gasteiger partial charge >= 0.3 is 0 Å². The third-order valence-electron chi connectivity index (χ3n) is 1.93. The largest absolute Gasteiger partial charge is 0.382 e. The van der Waals surface area contributed by atoms with Crippen LogP contribution in [0.15, 0.2) is 12.4 Å². The molecule has 1 rings (SSSR count). The minimum absolute atomic E-state index is 0.663. The van der Waals surface area contributed by atoms with E-state index in [1.807, 2.05) is 19.4 Å². The fraction of sp³-hybridized carbons (Fsp3) is 0.700. The lowest BCUT2D eigenvalue weighted by atomic mass is 10.4. The van der Waals surface area contributed by atoms with Crippen LogP contribution in [0.5, 0.6) is 0 Å². The van der Waals surface area contributed by atoms with Crippen molar-refractivity contribution in [2.24, 2.45) is 7.05 Å². The fourth-order valence-corrected chi connectivity index (χ4v) is 1.16. The first-order valence-corrected chi connectivity index (χ1v) is 5.12. The average molecular weight is 213 g/mol. The normalized spacial score (nSPS) is 10.5. The SMILES string of the molecule is COCCOCCCNc1cnn(C)c1. The molecule has 86 valence electrons. The summed E-state index contributed by atoms with van der Waals surface area (Å²) in [5.74, 6) is 0. The van der Waals surface area contributed by atoms with Crippen molar-refractivity contribution in [3.05, 3.63) is 12.4 Å². The molecule has 1 aromatic rings. The zero-order chi connectivity index (χ0) is 10.9. The van der Waals surface area contributed by atoms with Crippen molar-refractivity contribution in [1.82, 2.24) is 9.78 Å². The molecule has 0 bridgehead atoms. The lowest BCUT2D eigenvalue weighted by Crippen LogP contribution is -2.08. The van der Waals surface area contributed by atoms with Gasteiger partial charge in [0.1, 0.15) is 0 Å². The molecule has 1 aromatic heterocycles. The Labute approximate surface area is 90.4 Å². The quantitative estimate of drug-likeness (QED) is 0.651. The molecule has 0 saturated carbocycles. The van der Waals surface area contributed by atoms with E-state index in [0.717, 1.165) is 25.3 Å². The predicted molar refractivity (Wildman–Crippen MR) is 59.0 cm³/mol. The van der Waals surface area contributed by atoms with Gasteiger partial charge in [-0.2, -0.15) is 5.10 Å². The number of anilines is 1. The molecule has 0 radical (unpaired) electrons. The molecule has 1 heterocycles. The van der Waals surface area contributed by atoms with Gasteiger partial charge < -0.3 is 14.8 Å². The Balaban J connectivity index is 1.93. The Bertz CT molecular complexity index is 263. The third-order valence-corrected chi connectivity index (χ3v) is 1.93. The number of nitrogens with zero attached hydrogens (tertiary/aromatic N) is 2. The van der Waals surface area contributed by atoms with Crippen LogP contribution in [0.3, 0.4) is 0 Å². The zero-order valence-corrected chi connectivity index (χ0v) is 9.40. The maximum atomic E-state index is 5.33. The monoisotopic (exact) mass is 213 g/mol. The first kappa shape index (κ1) is 12.0. The van der Waals surface area contributed by atoms with Gasteiger partial charge in [0.05, 0.1) is 25.1 Å². The Morgan fingerprint density at radius 1 is 1.40 bits per heavy atom. The van der Waals surface area contributed by atoms with E-state index in [9.17, 15) is 0 Å². The number of nitrogens with one attached hydrogen (secondary N) is 1. The minimum atomic E-state index is 0.663. The second kappa shape index (κ2) is 7.25. The van der Waals surface area contributed by atoms with Crippen LogP contribution in [0.4, 0.5) is 5.69 Å². The van der Waals surface area contributed by atoms with Crippen molar-refractivity contribution in [3.63, 3.8) is 0 Å². The van der Waals surface area contributed by atoms with Crippen molar-refractivity contribution in [3.8, 4) is 0 Å². The zero-order valence-electron chi connectivity index (χ0n) is 9.40. The molecule has 0 aliphatic heterocycles. The number of aryl methyl sites for hydroxylation is 1. The van der Waals surface area contributed by atoms with Crippen molar-refractivity contribution >= 4 is 5.69 Å². The highest BCUT2D eigenvalue weighted by Crippen LogP contribution is 2.02.